The van der Waals surface area contributed by atoms with Gasteiger partial charge in [-0.2, -0.15) is 0 Å². The van der Waals surface area contributed by atoms with Gasteiger partial charge in [-0.25, -0.2) is 0 Å². The highest BCUT2D eigenvalue weighted by molar-refractivity contribution is 5.82. The minimum Gasteiger partial charge on any atom is -0.310 e. The van der Waals surface area contributed by atoms with E-state index in [4.69, 9.17) is 0 Å². The molecule has 1 aliphatic carbocycles. The molecule has 3 rings (SSSR count). The van der Waals surface area contributed by atoms with E-state index in [-0.39, 0.29) is 0 Å². The van der Waals surface area contributed by atoms with Crippen LogP contribution < -0.4 is 5.32 Å². The highest BCUT2D eigenvalue weighted by Gasteiger charge is 2.40. The lowest BCUT2D eigenvalue weighted by atomic mass is 9.72. The zero-order valence-electron chi connectivity index (χ0n) is 13.2. The number of rotatable bonds is 5. The number of fused-ring (bicyclic) bond motifs is 1. The first-order chi connectivity index (χ1) is 10.3. The van der Waals surface area contributed by atoms with Crippen LogP contribution in [0.5, 0.6) is 0 Å². The zero-order valence-corrected chi connectivity index (χ0v) is 13.2. The van der Waals surface area contributed by atoms with Crippen LogP contribution in [0.4, 0.5) is 0 Å². The van der Waals surface area contributed by atoms with E-state index in [1.54, 1.807) is 0 Å². The lowest BCUT2D eigenvalue weighted by molar-refractivity contribution is 0.190. The Kier molecular flexibility index (Phi) is 4.25. The molecule has 0 amide bonds. The summed E-state index contributed by atoms with van der Waals surface area (Å²) in [5.41, 5.74) is 2.97. The standard InChI is InChI=1S/C19H26N2/c1-3-19(12-5-6-13-19)18(20-4-2)16-9-7-11-17-15(16)10-8-14-21-17/h7-11,14,18,20H,3-6,12-13H2,1-2H3. The van der Waals surface area contributed by atoms with Gasteiger partial charge in [-0.15, -0.1) is 0 Å². The van der Waals surface area contributed by atoms with Gasteiger partial charge < -0.3 is 5.32 Å². The average molecular weight is 282 g/mol. The van der Waals surface area contributed by atoms with Gasteiger partial charge in [-0.1, -0.05) is 44.9 Å². The molecular weight excluding hydrogens is 256 g/mol. The van der Waals surface area contributed by atoms with Gasteiger partial charge in [0.2, 0.25) is 0 Å². The SMILES string of the molecule is CCNC(c1cccc2ncccc12)C1(CC)CCCC1. The zero-order chi connectivity index (χ0) is 14.7. The third-order valence-electron chi connectivity index (χ3n) is 5.31. The molecule has 1 unspecified atom stereocenters. The summed E-state index contributed by atoms with van der Waals surface area (Å²) in [6, 6.07) is 11.3. The van der Waals surface area contributed by atoms with Crippen molar-refractivity contribution < 1.29 is 0 Å². The summed E-state index contributed by atoms with van der Waals surface area (Å²) < 4.78 is 0. The summed E-state index contributed by atoms with van der Waals surface area (Å²) in [7, 11) is 0. The smallest absolute Gasteiger partial charge is 0.0705 e. The van der Waals surface area contributed by atoms with E-state index in [0.717, 1.165) is 12.1 Å². The van der Waals surface area contributed by atoms with E-state index in [2.05, 4.69) is 54.5 Å². The summed E-state index contributed by atoms with van der Waals surface area (Å²) in [5, 5.41) is 5.11. The van der Waals surface area contributed by atoms with Crippen molar-refractivity contribution in [1.82, 2.24) is 10.3 Å². The molecule has 0 radical (unpaired) electrons. The lowest BCUT2D eigenvalue weighted by Crippen LogP contribution is -2.36. The molecule has 1 heterocycles. The van der Waals surface area contributed by atoms with Gasteiger partial charge in [0.05, 0.1) is 5.52 Å². The summed E-state index contributed by atoms with van der Waals surface area (Å²) in [6.45, 7) is 5.59. The summed E-state index contributed by atoms with van der Waals surface area (Å²) in [4.78, 5) is 4.53. The maximum Gasteiger partial charge on any atom is 0.0705 e. The molecule has 112 valence electrons. The van der Waals surface area contributed by atoms with Gasteiger partial charge in [0.25, 0.3) is 0 Å². The fraction of sp³-hybridized carbons (Fsp3) is 0.526. The highest BCUT2D eigenvalue weighted by Crippen LogP contribution is 2.50. The maximum atomic E-state index is 4.53. The molecule has 21 heavy (non-hydrogen) atoms. The molecular formula is C19H26N2. The van der Waals surface area contributed by atoms with Crippen molar-refractivity contribution in [3.05, 3.63) is 42.1 Å². The summed E-state index contributed by atoms with van der Waals surface area (Å²) in [6.07, 6.45) is 8.58. The largest absolute Gasteiger partial charge is 0.310 e. The molecule has 1 saturated carbocycles. The van der Waals surface area contributed by atoms with Crippen LogP contribution in [-0.2, 0) is 0 Å². The van der Waals surface area contributed by atoms with Crippen LogP contribution in [0.2, 0.25) is 0 Å². The minimum atomic E-state index is 0.417. The molecule has 1 aromatic carbocycles. The molecule has 2 nitrogen and oxygen atoms in total. The molecule has 2 aromatic rings. The average Bonchev–Trinajstić information content (AvgIpc) is 3.02. The second-order valence-electron chi connectivity index (χ2n) is 6.33. The Labute approximate surface area is 128 Å². The van der Waals surface area contributed by atoms with E-state index in [9.17, 15) is 0 Å². The normalized spacial score (nSPS) is 19.0. The summed E-state index contributed by atoms with van der Waals surface area (Å²) in [5.74, 6) is 0. The van der Waals surface area contributed by atoms with Crippen LogP contribution in [-0.4, -0.2) is 11.5 Å². The van der Waals surface area contributed by atoms with E-state index in [1.165, 1.54) is 43.1 Å². The molecule has 1 aliphatic rings. The van der Waals surface area contributed by atoms with Gasteiger partial charge in [0, 0.05) is 17.6 Å². The molecule has 1 fully saturated rings. The summed E-state index contributed by atoms with van der Waals surface area (Å²) >= 11 is 0. The Bertz CT molecular complexity index is 594. The van der Waals surface area contributed by atoms with Crippen molar-refractivity contribution in [1.29, 1.82) is 0 Å². The molecule has 0 bridgehead atoms. The molecule has 1 aromatic heterocycles. The maximum absolute atomic E-state index is 4.53. The van der Waals surface area contributed by atoms with E-state index in [0.29, 0.717) is 11.5 Å². The van der Waals surface area contributed by atoms with E-state index >= 15 is 0 Å². The van der Waals surface area contributed by atoms with Gasteiger partial charge >= 0.3 is 0 Å². The van der Waals surface area contributed by atoms with Crippen LogP contribution in [0.25, 0.3) is 10.9 Å². The third-order valence-corrected chi connectivity index (χ3v) is 5.31. The Morgan fingerprint density at radius 2 is 1.95 bits per heavy atom. The molecule has 1 atom stereocenters. The van der Waals surface area contributed by atoms with Gasteiger partial charge in [-0.05, 0) is 48.9 Å². The number of hydrogen-bond acceptors (Lipinski definition) is 2. The van der Waals surface area contributed by atoms with Crippen molar-refractivity contribution in [2.45, 2.75) is 52.0 Å². The number of aromatic nitrogens is 1. The van der Waals surface area contributed by atoms with Crippen molar-refractivity contribution >= 4 is 10.9 Å². The fourth-order valence-corrected chi connectivity index (χ4v) is 4.16. The minimum absolute atomic E-state index is 0.417. The second kappa shape index (κ2) is 6.15. The topological polar surface area (TPSA) is 24.9 Å². The van der Waals surface area contributed by atoms with Crippen LogP contribution in [0, 0.1) is 5.41 Å². The first-order valence-corrected chi connectivity index (χ1v) is 8.38. The Hall–Kier alpha value is -1.41. The predicted octanol–water partition coefficient (Wildman–Crippen LogP) is 4.86. The van der Waals surface area contributed by atoms with Crippen molar-refractivity contribution in [2.24, 2.45) is 5.41 Å². The number of benzene rings is 1. The van der Waals surface area contributed by atoms with Crippen LogP contribution in [0.1, 0.15) is 57.6 Å². The molecule has 0 saturated heterocycles. The van der Waals surface area contributed by atoms with Crippen molar-refractivity contribution in [3.63, 3.8) is 0 Å². The van der Waals surface area contributed by atoms with E-state index < -0.39 is 0 Å². The Morgan fingerprint density at radius 1 is 1.14 bits per heavy atom. The first kappa shape index (κ1) is 14.5. The molecule has 0 spiro atoms. The van der Waals surface area contributed by atoms with Crippen LogP contribution in [0.3, 0.4) is 0 Å². The first-order valence-electron chi connectivity index (χ1n) is 8.38. The highest BCUT2D eigenvalue weighted by atomic mass is 14.9. The number of nitrogens with one attached hydrogen (secondary N) is 1. The van der Waals surface area contributed by atoms with E-state index in [1.807, 2.05) is 6.20 Å². The Morgan fingerprint density at radius 3 is 2.67 bits per heavy atom. The number of pyridine rings is 1. The van der Waals surface area contributed by atoms with Crippen molar-refractivity contribution in [3.8, 4) is 0 Å². The molecule has 2 heteroatoms. The third kappa shape index (κ3) is 2.57. The van der Waals surface area contributed by atoms with Gasteiger partial charge in [-0.3, -0.25) is 4.98 Å². The van der Waals surface area contributed by atoms with Gasteiger partial charge in [0.1, 0.15) is 0 Å². The second-order valence-corrected chi connectivity index (χ2v) is 6.33. The lowest BCUT2D eigenvalue weighted by Gasteiger charge is -2.38. The molecule has 0 aliphatic heterocycles. The van der Waals surface area contributed by atoms with Crippen molar-refractivity contribution in [2.75, 3.05) is 6.54 Å². The number of hydrogen-bond donors (Lipinski definition) is 1. The van der Waals surface area contributed by atoms with Crippen LogP contribution in [0.15, 0.2) is 36.5 Å². The van der Waals surface area contributed by atoms with Gasteiger partial charge in [0.15, 0.2) is 0 Å². The quantitative estimate of drug-likeness (QED) is 0.847. The Balaban J connectivity index is 2.11. The monoisotopic (exact) mass is 282 g/mol. The predicted molar refractivity (Wildman–Crippen MR) is 89.4 cm³/mol. The number of nitrogens with zero attached hydrogens (tertiary/aromatic N) is 1. The van der Waals surface area contributed by atoms with Crippen LogP contribution >= 0.6 is 0 Å². The molecule has 1 N–H and O–H groups in total. The fourth-order valence-electron chi connectivity index (χ4n) is 4.16.